The smallest absolute Gasteiger partial charge is 0.301 e. The number of aromatic amines is 1. The first-order chi connectivity index (χ1) is 14.3. The molecule has 1 aromatic carbocycles. The molecular formula is C19H17ClF2N4O3S. The molecule has 0 spiro atoms. The zero-order chi connectivity index (χ0) is 21.5. The SMILES string of the molecule is O=C(c1c(F)ccc(NS(=O)(=O)N2CCCCC2)c1F)c1c[nH]c2ncc(Cl)cc12. The Labute approximate surface area is 176 Å². The van der Waals surface area contributed by atoms with Crippen LogP contribution in [0.25, 0.3) is 11.0 Å². The molecule has 1 aliphatic rings. The van der Waals surface area contributed by atoms with Crippen molar-refractivity contribution >= 4 is 44.3 Å². The fourth-order valence-corrected chi connectivity index (χ4v) is 4.91. The Balaban J connectivity index is 1.72. The Kier molecular flexibility index (Phi) is 5.48. The molecule has 0 bridgehead atoms. The molecule has 1 saturated heterocycles. The normalized spacial score (nSPS) is 15.4. The molecule has 1 fully saturated rings. The summed E-state index contributed by atoms with van der Waals surface area (Å²) >= 11 is 5.92. The Bertz CT molecular complexity index is 1240. The number of carbonyl (C=O) groups excluding carboxylic acids is 1. The van der Waals surface area contributed by atoms with Gasteiger partial charge in [-0.15, -0.1) is 0 Å². The second-order valence-corrected chi connectivity index (χ2v) is 9.04. The molecule has 30 heavy (non-hydrogen) atoms. The molecule has 0 saturated carbocycles. The molecule has 4 rings (SSSR count). The third-order valence-electron chi connectivity index (χ3n) is 4.95. The van der Waals surface area contributed by atoms with Crippen LogP contribution in [0, 0.1) is 11.6 Å². The Morgan fingerprint density at radius 3 is 2.67 bits per heavy atom. The molecule has 3 heterocycles. The summed E-state index contributed by atoms with van der Waals surface area (Å²) in [4.78, 5) is 19.7. The lowest BCUT2D eigenvalue weighted by atomic mass is 10.0. The monoisotopic (exact) mass is 454 g/mol. The van der Waals surface area contributed by atoms with E-state index >= 15 is 4.39 Å². The van der Waals surface area contributed by atoms with E-state index in [-0.39, 0.29) is 10.6 Å². The molecule has 11 heteroatoms. The third kappa shape index (κ3) is 3.78. The summed E-state index contributed by atoms with van der Waals surface area (Å²) in [7, 11) is -4.03. The van der Waals surface area contributed by atoms with E-state index in [1.165, 1.54) is 22.8 Å². The highest BCUT2D eigenvalue weighted by atomic mass is 35.5. The first-order valence-electron chi connectivity index (χ1n) is 9.21. The van der Waals surface area contributed by atoms with Crippen LogP contribution < -0.4 is 4.72 Å². The second kappa shape index (κ2) is 7.93. The fourth-order valence-electron chi connectivity index (χ4n) is 3.45. The van der Waals surface area contributed by atoms with E-state index in [0.717, 1.165) is 18.6 Å². The van der Waals surface area contributed by atoms with Gasteiger partial charge in [0, 0.05) is 36.4 Å². The van der Waals surface area contributed by atoms with Crippen LogP contribution in [0.15, 0.2) is 30.6 Å². The van der Waals surface area contributed by atoms with Crippen molar-refractivity contribution in [3.63, 3.8) is 0 Å². The van der Waals surface area contributed by atoms with Crippen LogP contribution in [0.4, 0.5) is 14.5 Å². The average molecular weight is 455 g/mol. The molecule has 0 radical (unpaired) electrons. The number of aromatic nitrogens is 2. The van der Waals surface area contributed by atoms with Gasteiger partial charge in [0.25, 0.3) is 0 Å². The molecule has 7 nitrogen and oxygen atoms in total. The minimum Gasteiger partial charge on any atom is -0.345 e. The van der Waals surface area contributed by atoms with Gasteiger partial charge in [-0.3, -0.25) is 9.52 Å². The van der Waals surface area contributed by atoms with Crippen LogP contribution in [0.1, 0.15) is 35.2 Å². The maximum absolute atomic E-state index is 15.1. The van der Waals surface area contributed by atoms with Crippen molar-refractivity contribution in [1.29, 1.82) is 0 Å². The first-order valence-corrected chi connectivity index (χ1v) is 11.0. The van der Waals surface area contributed by atoms with Crippen LogP contribution >= 0.6 is 11.6 Å². The minimum absolute atomic E-state index is 0.0335. The zero-order valence-electron chi connectivity index (χ0n) is 15.6. The first kappa shape index (κ1) is 20.7. The quantitative estimate of drug-likeness (QED) is 0.572. The van der Waals surface area contributed by atoms with Crippen LogP contribution in [0.3, 0.4) is 0 Å². The van der Waals surface area contributed by atoms with Gasteiger partial charge in [-0.25, -0.2) is 13.8 Å². The second-order valence-electron chi connectivity index (χ2n) is 6.93. The number of nitrogens with zero attached hydrogens (tertiary/aromatic N) is 2. The van der Waals surface area contributed by atoms with Crippen molar-refractivity contribution in [3.8, 4) is 0 Å². The predicted molar refractivity (Wildman–Crippen MR) is 109 cm³/mol. The maximum atomic E-state index is 15.1. The maximum Gasteiger partial charge on any atom is 0.301 e. The van der Waals surface area contributed by atoms with E-state index in [4.69, 9.17) is 11.6 Å². The largest absolute Gasteiger partial charge is 0.345 e. The van der Waals surface area contributed by atoms with Gasteiger partial charge in [0.05, 0.1) is 16.3 Å². The van der Waals surface area contributed by atoms with E-state index in [9.17, 15) is 17.6 Å². The zero-order valence-corrected chi connectivity index (χ0v) is 17.2. The van der Waals surface area contributed by atoms with Crippen molar-refractivity contribution in [2.75, 3.05) is 17.8 Å². The van der Waals surface area contributed by atoms with Crippen molar-refractivity contribution in [2.24, 2.45) is 0 Å². The van der Waals surface area contributed by atoms with Crippen molar-refractivity contribution < 1.29 is 22.0 Å². The molecule has 0 unspecified atom stereocenters. The standard InChI is InChI=1S/C19H17ClF2N4O3S/c20-11-8-12-13(10-24-19(12)23-9-11)18(27)16-14(21)4-5-15(17(16)22)25-30(28,29)26-6-2-1-3-7-26/h4-5,8-10,25H,1-3,6-7H2,(H,23,24). The van der Waals surface area contributed by atoms with E-state index < -0.39 is 38.9 Å². The van der Waals surface area contributed by atoms with Crippen molar-refractivity contribution in [2.45, 2.75) is 19.3 Å². The van der Waals surface area contributed by atoms with Crippen LogP contribution in [0.5, 0.6) is 0 Å². The molecule has 1 aliphatic heterocycles. The van der Waals surface area contributed by atoms with Crippen LogP contribution in [-0.2, 0) is 10.2 Å². The summed E-state index contributed by atoms with van der Waals surface area (Å²) in [6, 6.07) is 3.26. The Morgan fingerprint density at radius 2 is 1.93 bits per heavy atom. The van der Waals surface area contributed by atoms with Gasteiger partial charge >= 0.3 is 10.2 Å². The average Bonchev–Trinajstić information content (AvgIpc) is 3.14. The highest BCUT2D eigenvalue weighted by molar-refractivity contribution is 7.90. The molecule has 158 valence electrons. The number of fused-ring (bicyclic) bond motifs is 1. The minimum atomic E-state index is -4.03. The van der Waals surface area contributed by atoms with E-state index in [0.29, 0.717) is 37.0 Å². The third-order valence-corrected chi connectivity index (χ3v) is 6.68. The molecule has 0 amide bonds. The number of piperidine rings is 1. The number of carbonyl (C=O) groups is 1. The molecule has 2 aromatic heterocycles. The molecule has 0 atom stereocenters. The van der Waals surface area contributed by atoms with Gasteiger partial charge in [0.2, 0.25) is 5.78 Å². The number of hydrogen-bond acceptors (Lipinski definition) is 4. The Morgan fingerprint density at radius 1 is 1.20 bits per heavy atom. The van der Waals surface area contributed by atoms with Gasteiger partial charge < -0.3 is 4.98 Å². The number of nitrogens with one attached hydrogen (secondary N) is 2. The number of ketones is 1. The van der Waals surface area contributed by atoms with Gasteiger partial charge in [-0.1, -0.05) is 18.0 Å². The summed E-state index contributed by atoms with van der Waals surface area (Å²) in [5.41, 5.74) is -1.07. The predicted octanol–water partition coefficient (Wildman–Crippen LogP) is 3.87. The highest BCUT2D eigenvalue weighted by Crippen LogP contribution is 2.28. The molecule has 3 aromatic rings. The van der Waals surface area contributed by atoms with Crippen LogP contribution in [-0.4, -0.2) is 41.6 Å². The van der Waals surface area contributed by atoms with Gasteiger partial charge in [0.15, 0.2) is 5.82 Å². The summed E-state index contributed by atoms with van der Waals surface area (Å²) in [5, 5.41) is 0.547. The summed E-state index contributed by atoms with van der Waals surface area (Å²) in [5.74, 6) is -3.35. The fraction of sp³-hybridized carbons (Fsp3) is 0.263. The van der Waals surface area contributed by atoms with Gasteiger partial charge in [-0.2, -0.15) is 12.7 Å². The molecule has 2 N–H and O–H groups in total. The van der Waals surface area contributed by atoms with E-state index in [1.54, 1.807) is 0 Å². The Hall–Kier alpha value is -2.56. The number of anilines is 1. The number of rotatable bonds is 5. The molecule has 0 aliphatic carbocycles. The van der Waals surface area contributed by atoms with Gasteiger partial charge in [0.1, 0.15) is 11.5 Å². The lowest BCUT2D eigenvalue weighted by Gasteiger charge is -2.26. The molecular weight excluding hydrogens is 438 g/mol. The highest BCUT2D eigenvalue weighted by Gasteiger charge is 2.28. The lowest BCUT2D eigenvalue weighted by molar-refractivity contribution is 0.103. The number of pyridine rings is 1. The lowest BCUT2D eigenvalue weighted by Crippen LogP contribution is -2.39. The topological polar surface area (TPSA) is 95.2 Å². The summed E-state index contributed by atoms with van der Waals surface area (Å²) in [6.07, 6.45) is 4.96. The van der Waals surface area contributed by atoms with Gasteiger partial charge in [-0.05, 0) is 31.0 Å². The summed E-state index contributed by atoms with van der Waals surface area (Å²) < 4.78 is 58.0. The number of benzene rings is 1. The van der Waals surface area contributed by atoms with E-state index in [2.05, 4.69) is 14.7 Å². The summed E-state index contributed by atoms with van der Waals surface area (Å²) in [6.45, 7) is 0.625. The number of hydrogen-bond donors (Lipinski definition) is 2. The van der Waals surface area contributed by atoms with Crippen LogP contribution in [0.2, 0.25) is 5.02 Å². The van der Waals surface area contributed by atoms with E-state index in [1.807, 2.05) is 0 Å². The van der Waals surface area contributed by atoms with Crippen molar-refractivity contribution in [1.82, 2.24) is 14.3 Å². The number of halogens is 3. The van der Waals surface area contributed by atoms with Crippen molar-refractivity contribution in [3.05, 3.63) is 58.4 Å². The number of H-pyrrole nitrogens is 1.